The molecule has 0 spiro atoms. The molecule has 0 amide bonds. The van der Waals surface area contributed by atoms with Gasteiger partial charge in [0, 0.05) is 4.88 Å². The smallest absolute Gasteiger partial charge is 0.182 e. The van der Waals surface area contributed by atoms with Crippen molar-refractivity contribution in [3.05, 3.63) is 21.9 Å². The van der Waals surface area contributed by atoms with Crippen LogP contribution in [0.25, 0.3) is 0 Å². The number of aryl methyl sites for hydroxylation is 1. The Labute approximate surface area is 100 Å². The Balaban J connectivity index is 2.40. The summed E-state index contributed by atoms with van der Waals surface area (Å²) in [5, 5.41) is 0. The minimum atomic E-state index is 0.283. The molecule has 0 aliphatic carbocycles. The number of thiophene rings is 1. The predicted molar refractivity (Wildman–Crippen MR) is 70.2 cm³/mol. The maximum absolute atomic E-state index is 11.7. The SMILES string of the molecule is CCc1ccc(C(=O)CSCC(C)C)s1. The van der Waals surface area contributed by atoms with Gasteiger partial charge in [0.15, 0.2) is 5.78 Å². The number of thioether (sulfide) groups is 1. The maximum Gasteiger partial charge on any atom is 0.182 e. The van der Waals surface area contributed by atoms with Gasteiger partial charge in [0.2, 0.25) is 0 Å². The second-order valence-electron chi connectivity index (χ2n) is 3.95. The van der Waals surface area contributed by atoms with Gasteiger partial charge >= 0.3 is 0 Å². The van der Waals surface area contributed by atoms with Crippen molar-refractivity contribution in [2.45, 2.75) is 27.2 Å². The lowest BCUT2D eigenvalue weighted by Gasteiger charge is -2.02. The fourth-order valence-electron chi connectivity index (χ4n) is 1.18. The summed E-state index contributed by atoms with van der Waals surface area (Å²) >= 11 is 3.38. The van der Waals surface area contributed by atoms with Crippen LogP contribution >= 0.6 is 23.1 Å². The molecule has 0 aromatic carbocycles. The van der Waals surface area contributed by atoms with Gasteiger partial charge in [0.25, 0.3) is 0 Å². The van der Waals surface area contributed by atoms with E-state index in [0.717, 1.165) is 17.1 Å². The lowest BCUT2D eigenvalue weighted by Crippen LogP contribution is -2.02. The number of ketones is 1. The van der Waals surface area contributed by atoms with Crippen LogP contribution in [0, 0.1) is 5.92 Å². The summed E-state index contributed by atoms with van der Waals surface area (Å²) in [6.07, 6.45) is 1.02. The van der Waals surface area contributed by atoms with Gasteiger partial charge in [-0.1, -0.05) is 20.8 Å². The van der Waals surface area contributed by atoms with Crippen LogP contribution in [0.4, 0.5) is 0 Å². The van der Waals surface area contributed by atoms with Gasteiger partial charge in [-0.25, -0.2) is 0 Å². The van der Waals surface area contributed by atoms with Crippen molar-refractivity contribution < 1.29 is 4.79 Å². The van der Waals surface area contributed by atoms with E-state index < -0.39 is 0 Å². The Morgan fingerprint density at radius 3 is 2.73 bits per heavy atom. The summed E-state index contributed by atoms with van der Waals surface area (Å²) in [5.74, 6) is 2.64. The second-order valence-corrected chi connectivity index (χ2v) is 6.15. The largest absolute Gasteiger partial charge is 0.292 e. The zero-order valence-electron chi connectivity index (χ0n) is 9.58. The molecular weight excluding hydrogens is 224 g/mol. The highest BCUT2D eigenvalue weighted by atomic mass is 32.2. The van der Waals surface area contributed by atoms with Gasteiger partial charge in [-0.05, 0) is 30.2 Å². The fourth-order valence-corrected chi connectivity index (χ4v) is 3.08. The molecule has 1 aromatic heterocycles. The van der Waals surface area contributed by atoms with Crippen LogP contribution in [0.5, 0.6) is 0 Å². The average molecular weight is 242 g/mol. The molecule has 0 aliphatic heterocycles. The van der Waals surface area contributed by atoms with E-state index in [0.29, 0.717) is 11.7 Å². The first-order valence-corrected chi connectivity index (χ1v) is 7.30. The van der Waals surface area contributed by atoms with Crippen LogP contribution in [-0.2, 0) is 6.42 Å². The van der Waals surface area contributed by atoms with E-state index in [1.807, 2.05) is 6.07 Å². The van der Waals surface area contributed by atoms with Crippen LogP contribution in [-0.4, -0.2) is 17.3 Å². The highest BCUT2D eigenvalue weighted by Gasteiger charge is 2.08. The average Bonchev–Trinajstić information content (AvgIpc) is 2.65. The standard InChI is InChI=1S/C12H18OS2/c1-4-10-5-6-12(15-10)11(13)8-14-7-9(2)3/h5-6,9H,4,7-8H2,1-3H3. The third-order valence-electron chi connectivity index (χ3n) is 1.97. The first-order valence-electron chi connectivity index (χ1n) is 5.33. The van der Waals surface area contributed by atoms with E-state index in [2.05, 4.69) is 26.8 Å². The quantitative estimate of drug-likeness (QED) is 0.704. The van der Waals surface area contributed by atoms with Crippen molar-refractivity contribution >= 4 is 28.9 Å². The van der Waals surface area contributed by atoms with Gasteiger partial charge in [-0.15, -0.1) is 11.3 Å². The molecule has 1 aromatic rings. The summed E-state index contributed by atoms with van der Waals surface area (Å²) in [4.78, 5) is 14.0. The van der Waals surface area contributed by atoms with Gasteiger partial charge in [-0.2, -0.15) is 11.8 Å². The van der Waals surface area contributed by atoms with Gasteiger partial charge in [0.1, 0.15) is 0 Å². The number of hydrogen-bond acceptors (Lipinski definition) is 3. The van der Waals surface area contributed by atoms with Crippen LogP contribution in [0.2, 0.25) is 0 Å². The van der Waals surface area contributed by atoms with Gasteiger partial charge in [-0.3, -0.25) is 4.79 Å². The molecule has 0 bridgehead atoms. The topological polar surface area (TPSA) is 17.1 Å². The van der Waals surface area contributed by atoms with Crippen LogP contribution in [0.1, 0.15) is 35.3 Å². The number of hydrogen-bond donors (Lipinski definition) is 0. The molecule has 0 fully saturated rings. The number of carbonyl (C=O) groups is 1. The van der Waals surface area contributed by atoms with Crippen molar-refractivity contribution in [1.82, 2.24) is 0 Å². The summed E-state index contributed by atoms with van der Waals surface area (Å²) in [6, 6.07) is 4.02. The molecule has 0 unspecified atom stereocenters. The van der Waals surface area contributed by atoms with Crippen LogP contribution in [0.3, 0.4) is 0 Å². The molecule has 1 rings (SSSR count). The fraction of sp³-hybridized carbons (Fsp3) is 0.583. The lowest BCUT2D eigenvalue weighted by atomic mass is 10.3. The number of rotatable bonds is 6. The van der Waals surface area contributed by atoms with Crippen molar-refractivity contribution in [3.63, 3.8) is 0 Å². The van der Waals surface area contributed by atoms with Crippen molar-refractivity contribution in [1.29, 1.82) is 0 Å². The maximum atomic E-state index is 11.7. The highest BCUT2D eigenvalue weighted by molar-refractivity contribution is 8.00. The molecule has 0 saturated heterocycles. The molecule has 0 atom stereocenters. The zero-order valence-corrected chi connectivity index (χ0v) is 11.2. The van der Waals surface area contributed by atoms with E-state index in [-0.39, 0.29) is 5.78 Å². The van der Waals surface area contributed by atoms with Crippen LogP contribution < -0.4 is 0 Å². The normalized spacial score (nSPS) is 10.9. The molecule has 1 heterocycles. The minimum absolute atomic E-state index is 0.283. The second kappa shape index (κ2) is 6.33. The van der Waals surface area contributed by atoms with Crippen LogP contribution in [0.15, 0.2) is 12.1 Å². The zero-order chi connectivity index (χ0) is 11.3. The van der Waals surface area contributed by atoms with Crippen molar-refractivity contribution in [3.8, 4) is 0 Å². The van der Waals surface area contributed by atoms with E-state index in [9.17, 15) is 4.79 Å². The Kier molecular flexibility index (Phi) is 5.40. The van der Waals surface area contributed by atoms with E-state index in [1.54, 1.807) is 23.1 Å². The molecule has 1 nitrogen and oxygen atoms in total. The Hall–Kier alpha value is -0.280. The predicted octanol–water partition coefficient (Wildman–Crippen LogP) is 3.88. The van der Waals surface area contributed by atoms with Gasteiger partial charge < -0.3 is 0 Å². The molecule has 84 valence electrons. The summed E-state index contributed by atoms with van der Waals surface area (Å²) in [7, 11) is 0. The summed E-state index contributed by atoms with van der Waals surface area (Å²) in [6.45, 7) is 6.48. The van der Waals surface area contributed by atoms with E-state index >= 15 is 0 Å². The van der Waals surface area contributed by atoms with Gasteiger partial charge in [0.05, 0.1) is 10.6 Å². The Morgan fingerprint density at radius 2 is 2.20 bits per heavy atom. The first kappa shape index (κ1) is 12.8. The summed E-state index contributed by atoms with van der Waals surface area (Å²) < 4.78 is 0. The Bertz CT molecular complexity index is 315. The molecule has 3 heteroatoms. The molecule has 0 N–H and O–H groups in total. The number of carbonyl (C=O) groups excluding carboxylic acids is 1. The van der Waals surface area contributed by atoms with Crippen molar-refractivity contribution in [2.24, 2.45) is 5.92 Å². The third kappa shape index (κ3) is 4.39. The van der Waals surface area contributed by atoms with E-state index in [1.165, 1.54) is 4.88 Å². The Morgan fingerprint density at radius 1 is 1.47 bits per heavy atom. The highest BCUT2D eigenvalue weighted by Crippen LogP contribution is 2.19. The number of Topliss-reactive ketones (excluding diaryl/α,β-unsaturated/α-hetero) is 1. The third-order valence-corrected chi connectivity index (χ3v) is 4.61. The minimum Gasteiger partial charge on any atom is -0.292 e. The molecule has 15 heavy (non-hydrogen) atoms. The molecular formula is C12H18OS2. The molecule has 0 radical (unpaired) electrons. The van der Waals surface area contributed by atoms with Crippen molar-refractivity contribution in [2.75, 3.05) is 11.5 Å². The lowest BCUT2D eigenvalue weighted by molar-refractivity contribution is 0.102. The van der Waals surface area contributed by atoms with E-state index in [4.69, 9.17) is 0 Å². The molecule has 0 aliphatic rings. The summed E-state index contributed by atoms with van der Waals surface area (Å²) in [5.41, 5.74) is 0. The molecule has 0 saturated carbocycles. The first-order chi connectivity index (χ1) is 7.13. The monoisotopic (exact) mass is 242 g/mol.